The molecule has 0 spiro atoms. The molecule has 2 aromatic rings. The van der Waals surface area contributed by atoms with Gasteiger partial charge in [0.25, 0.3) is 5.91 Å². The van der Waals surface area contributed by atoms with E-state index in [4.69, 9.17) is 4.74 Å². The van der Waals surface area contributed by atoms with E-state index < -0.39 is 0 Å². The second kappa shape index (κ2) is 9.42. The lowest BCUT2D eigenvalue weighted by molar-refractivity contribution is 0.0951. The number of aryl methyl sites for hydroxylation is 1. The van der Waals surface area contributed by atoms with Crippen molar-refractivity contribution < 1.29 is 9.53 Å². The highest BCUT2D eigenvalue weighted by Crippen LogP contribution is 2.19. The van der Waals surface area contributed by atoms with Crippen molar-refractivity contribution in [3.63, 3.8) is 0 Å². The third-order valence-electron chi connectivity index (χ3n) is 5.10. The molecule has 2 aromatic carbocycles. The molecule has 3 rings (SSSR count). The summed E-state index contributed by atoms with van der Waals surface area (Å²) in [6, 6.07) is 16.1. The fraction of sp³-hybridized carbons (Fsp3) is 0.409. The molecule has 0 atom stereocenters. The van der Waals surface area contributed by atoms with Crippen molar-refractivity contribution in [2.75, 3.05) is 51.3 Å². The van der Waals surface area contributed by atoms with Gasteiger partial charge < -0.3 is 15.0 Å². The van der Waals surface area contributed by atoms with E-state index in [9.17, 15) is 4.79 Å². The average Bonchev–Trinajstić information content (AvgIpc) is 2.72. The van der Waals surface area contributed by atoms with Crippen LogP contribution >= 0.6 is 0 Å². The molecule has 144 valence electrons. The Morgan fingerprint density at radius 1 is 1.07 bits per heavy atom. The number of carbonyl (C=O) groups is 1. The number of benzene rings is 2. The average molecular weight is 367 g/mol. The standard InChI is InChI=1S/C22H29N3O2/c1-18-9-10-19(17-21(18)27-2)22(26)23-11-6-12-24-13-15-25(16-14-24)20-7-4-3-5-8-20/h3-5,7-10,17H,6,11-16H2,1-2H3,(H,23,26). The van der Waals surface area contributed by atoms with Crippen LogP contribution in [0, 0.1) is 6.92 Å². The van der Waals surface area contributed by atoms with Gasteiger partial charge in [0.05, 0.1) is 7.11 Å². The maximum atomic E-state index is 12.3. The first-order valence-electron chi connectivity index (χ1n) is 9.62. The first-order chi connectivity index (χ1) is 13.2. The third-order valence-corrected chi connectivity index (χ3v) is 5.10. The van der Waals surface area contributed by atoms with E-state index >= 15 is 0 Å². The molecule has 5 heteroatoms. The molecule has 0 aromatic heterocycles. The van der Waals surface area contributed by atoms with Crippen molar-refractivity contribution >= 4 is 11.6 Å². The molecule has 1 saturated heterocycles. The molecule has 1 N–H and O–H groups in total. The number of carbonyl (C=O) groups excluding carboxylic acids is 1. The Bertz CT molecular complexity index is 740. The van der Waals surface area contributed by atoms with Gasteiger partial charge in [-0.3, -0.25) is 9.69 Å². The van der Waals surface area contributed by atoms with Crippen molar-refractivity contribution in [1.82, 2.24) is 10.2 Å². The maximum Gasteiger partial charge on any atom is 0.251 e. The van der Waals surface area contributed by atoms with Crippen LogP contribution in [0.1, 0.15) is 22.3 Å². The zero-order valence-corrected chi connectivity index (χ0v) is 16.3. The number of nitrogens with one attached hydrogen (secondary N) is 1. The molecule has 0 saturated carbocycles. The highest BCUT2D eigenvalue weighted by Gasteiger charge is 2.16. The third kappa shape index (κ3) is 5.23. The van der Waals surface area contributed by atoms with Crippen molar-refractivity contribution in [2.24, 2.45) is 0 Å². The summed E-state index contributed by atoms with van der Waals surface area (Å²) >= 11 is 0. The number of anilines is 1. The number of methoxy groups -OCH3 is 1. The van der Waals surface area contributed by atoms with Crippen LogP contribution in [0.2, 0.25) is 0 Å². The fourth-order valence-corrected chi connectivity index (χ4v) is 3.44. The summed E-state index contributed by atoms with van der Waals surface area (Å²) in [7, 11) is 1.63. The number of piperazine rings is 1. The minimum atomic E-state index is -0.0396. The summed E-state index contributed by atoms with van der Waals surface area (Å²) < 4.78 is 5.29. The van der Waals surface area contributed by atoms with Gasteiger partial charge in [0.15, 0.2) is 0 Å². The van der Waals surface area contributed by atoms with Crippen molar-refractivity contribution in [2.45, 2.75) is 13.3 Å². The molecule has 27 heavy (non-hydrogen) atoms. The summed E-state index contributed by atoms with van der Waals surface area (Å²) in [4.78, 5) is 17.2. The van der Waals surface area contributed by atoms with Gasteiger partial charge in [-0.25, -0.2) is 0 Å². The number of rotatable bonds is 7. The fourth-order valence-electron chi connectivity index (χ4n) is 3.44. The highest BCUT2D eigenvalue weighted by atomic mass is 16.5. The lowest BCUT2D eigenvalue weighted by Gasteiger charge is -2.36. The summed E-state index contributed by atoms with van der Waals surface area (Å²) in [5.41, 5.74) is 2.98. The largest absolute Gasteiger partial charge is 0.496 e. The van der Waals surface area contributed by atoms with Gasteiger partial charge in [-0.05, 0) is 49.7 Å². The number of hydrogen-bond acceptors (Lipinski definition) is 4. The maximum absolute atomic E-state index is 12.3. The van der Waals surface area contributed by atoms with Crippen molar-refractivity contribution in [3.05, 3.63) is 59.7 Å². The second-order valence-corrected chi connectivity index (χ2v) is 6.96. The molecule has 1 aliphatic heterocycles. The molecule has 0 radical (unpaired) electrons. The number of nitrogens with zero attached hydrogens (tertiary/aromatic N) is 2. The molecule has 1 amide bonds. The van der Waals surface area contributed by atoms with Crippen LogP contribution in [-0.2, 0) is 0 Å². The van der Waals surface area contributed by atoms with Gasteiger partial charge in [0, 0.05) is 44.0 Å². The van der Waals surface area contributed by atoms with Gasteiger partial charge >= 0.3 is 0 Å². The Balaban J connectivity index is 1.37. The van der Waals surface area contributed by atoms with Gasteiger partial charge in [-0.15, -0.1) is 0 Å². The lowest BCUT2D eigenvalue weighted by Crippen LogP contribution is -2.47. The zero-order valence-electron chi connectivity index (χ0n) is 16.3. The van der Waals surface area contributed by atoms with E-state index in [-0.39, 0.29) is 5.91 Å². The van der Waals surface area contributed by atoms with Crippen molar-refractivity contribution in [3.8, 4) is 5.75 Å². The Hall–Kier alpha value is -2.53. The lowest BCUT2D eigenvalue weighted by atomic mass is 10.1. The molecular formula is C22H29N3O2. The van der Waals surface area contributed by atoms with Crippen LogP contribution < -0.4 is 15.0 Å². The summed E-state index contributed by atoms with van der Waals surface area (Å²) in [6.07, 6.45) is 0.958. The normalized spacial score (nSPS) is 14.8. The van der Waals surface area contributed by atoms with Crippen LogP contribution in [0.15, 0.2) is 48.5 Å². The minimum absolute atomic E-state index is 0.0396. The molecule has 0 aliphatic carbocycles. The second-order valence-electron chi connectivity index (χ2n) is 6.96. The Labute approximate surface area is 161 Å². The van der Waals surface area contributed by atoms with Crippen LogP contribution in [0.5, 0.6) is 5.75 Å². The van der Waals surface area contributed by atoms with Gasteiger partial charge in [0.2, 0.25) is 0 Å². The molecular weight excluding hydrogens is 338 g/mol. The van der Waals surface area contributed by atoms with E-state index in [0.29, 0.717) is 12.1 Å². The zero-order chi connectivity index (χ0) is 19.1. The SMILES string of the molecule is COc1cc(C(=O)NCCCN2CCN(c3ccccc3)CC2)ccc1C. The van der Waals surface area contributed by atoms with E-state index in [1.54, 1.807) is 13.2 Å². The molecule has 5 nitrogen and oxygen atoms in total. The molecule has 0 unspecified atom stereocenters. The monoisotopic (exact) mass is 367 g/mol. The molecule has 1 fully saturated rings. The number of amides is 1. The Morgan fingerprint density at radius 2 is 1.81 bits per heavy atom. The minimum Gasteiger partial charge on any atom is -0.496 e. The summed E-state index contributed by atoms with van der Waals surface area (Å²) in [5.74, 6) is 0.709. The predicted octanol–water partition coefficient (Wildman–Crippen LogP) is 2.95. The van der Waals surface area contributed by atoms with Gasteiger partial charge in [-0.2, -0.15) is 0 Å². The van der Waals surface area contributed by atoms with Crippen LogP contribution in [0.4, 0.5) is 5.69 Å². The van der Waals surface area contributed by atoms with Crippen LogP contribution in [-0.4, -0.2) is 57.2 Å². The quantitative estimate of drug-likeness (QED) is 0.765. The topological polar surface area (TPSA) is 44.8 Å². The first kappa shape index (κ1) is 19.2. The molecule has 0 bridgehead atoms. The Kier molecular flexibility index (Phi) is 6.71. The first-order valence-corrected chi connectivity index (χ1v) is 9.62. The van der Waals surface area contributed by atoms with Crippen LogP contribution in [0.25, 0.3) is 0 Å². The van der Waals surface area contributed by atoms with E-state index in [1.165, 1.54) is 5.69 Å². The number of hydrogen-bond donors (Lipinski definition) is 1. The van der Waals surface area contributed by atoms with E-state index in [0.717, 1.165) is 50.5 Å². The predicted molar refractivity (Wildman–Crippen MR) is 110 cm³/mol. The van der Waals surface area contributed by atoms with Crippen molar-refractivity contribution in [1.29, 1.82) is 0 Å². The number of para-hydroxylation sites is 1. The molecule has 1 heterocycles. The smallest absolute Gasteiger partial charge is 0.251 e. The van der Waals surface area contributed by atoms with Gasteiger partial charge in [-0.1, -0.05) is 24.3 Å². The highest BCUT2D eigenvalue weighted by molar-refractivity contribution is 5.94. The van der Waals surface area contributed by atoms with E-state index in [1.807, 2.05) is 19.1 Å². The number of ether oxygens (including phenoxy) is 1. The van der Waals surface area contributed by atoms with E-state index in [2.05, 4.69) is 45.4 Å². The Morgan fingerprint density at radius 3 is 2.52 bits per heavy atom. The van der Waals surface area contributed by atoms with Gasteiger partial charge in [0.1, 0.15) is 5.75 Å². The summed E-state index contributed by atoms with van der Waals surface area (Å²) in [6.45, 7) is 7.92. The summed E-state index contributed by atoms with van der Waals surface area (Å²) in [5, 5.41) is 3.01. The molecule has 1 aliphatic rings. The van der Waals surface area contributed by atoms with Crippen LogP contribution in [0.3, 0.4) is 0 Å².